The SMILES string of the molecule is CCCC(Cl)Cc1ncc([N+](=O)[O-])cc1C. The van der Waals surface area contributed by atoms with Gasteiger partial charge in [-0.1, -0.05) is 13.3 Å². The molecule has 0 aliphatic rings. The van der Waals surface area contributed by atoms with E-state index in [0.29, 0.717) is 6.42 Å². The number of hydrogen-bond donors (Lipinski definition) is 0. The van der Waals surface area contributed by atoms with E-state index in [0.717, 1.165) is 24.1 Å². The summed E-state index contributed by atoms with van der Waals surface area (Å²) in [5, 5.41) is 10.6. The zero-order valence-corrected chi connectivity index (χ0v) is 10.2. The Morgan fingerprint density at radius 1 is 1.62 bits per heavy atom. The summed E-state index contributed by atoms with van der Waals surface area (Å²) in [6, 6.07) is 1.54. The van der Waals surface area contributed by atoms with Gasteiger partial charge in [0, 0.05) is 23.6 Å². The van der Waals surface area contributed by atoms with Gasteiger partial charge in [-0.05, 0) is 18.9 Å². The molecule has 0 saturated carbocycles. The minimum atomic E-state index is -0.437. The zero-order valence-electron chi connectivity index (χ0n) is 9.44. The van der Waals surface area contributed by atoms with Crippen LogP contribution in [0, 0.1) is 17.0 Å². The van der Waals surface area contributed by atoms with Crippen LogP contribution in [0.5, 0.6) is 0 Å². The summed E-state index contributed by atoms with van der Waals surface area (Å²) in [5.74, 6) is 0. The van der Waals surface area contributed by atoms with Gasteiger partial charge in [0.1, 0.15) is 6.20 Å². The number of hydrogen-bond acceptors (Lipinski definition) is 3. The Labute approximate surface area is 99.8 Å². The first-order valence-electron chi connectivity index (χ1n) is 5.28. The summed E-state index contributed by atoms with van der Waals surface area (Å²) in [6.45, 7) is 3.90. The van der Waals surface area contributed by atoms with Crippen LogP contribution < -0.4 is 0 Å². The standard InChI is InChI=1S/C11H15ClN2O2/c1-3-4-9(12)6-11-8(2)5-10(7-13-11)14(15)16/h5,7,9H,3-4,6H2,1-2H3. The first kappa shape index (κ1) is 12.9. The summed E-state index contributed by atoms with van der Waals surface area (Å²) in [7, 11) is 0. The van der Waals surface area contributed by atoms with Crippen molar-refractivity contribution in [3.05, 3.63) is 33.6 Å². The molecule has 1 aromatic rings. The average Bonchev–Trinajstić information content (AvgIpc) is 2.21. The lowest BCUT2D eigenvalue weighted by atomic mass is 10.1. The van der Waals surface area contributed by atoms with E-state index in [4.69, 9.17) is 11.6 Å². The molecule has 88 valence electrons. The van der Waals surface area contributed by atoms with E-state index in [2.05, 4.69) is 11.9 Å². The Kier molecular flexibility index (Phi) is 4.68. The van der Waals surface area contributed by atoms with E-state index in [9.17, 15) is 10.1 Å². The van der Waals surface area contributed by atoms with Crippen molar-refractivity contribution in [2.45, 2.75) is 38.5 Å². The van der Waals surface area contributed by atoms with E-state index in [1.807, 2.05) is 6.92 Å². The maximum atomic E-state index is 10.5. The second-order valence-electron chi connectivity index (χ2n) is 3.80. The van der Waals surface area contributed by atoms with Crippen molar-refractivity contribution in [2.75, 3.05) is 0 Å². The molecular weight excluding hydrogens is 228 g/mol. The van der Waals surface area contributed by atoms with E-state index < -0.39 is 4.92 Å². The van der Waals surface area contributed by atoms with Gasteiger partial charge in [-0.3, -0.25) is 15.1 Å². The van der Waals surface area contributed by atoms with Crippen LogP contribution in [0.25, 0.3) is 0 Å². The van der Waals surface area contributed by atoms with Gasteiger partial charge in [-0.2, -0.15) is 0 Å². The predicted molar refractivity (Wildman–Crippen MR) is 63.9 cm³/mol. The lowest BCUT2D eigenvalue weighted by Crippen LogP contribution is -2.06. The second-order valence-corrected chi connectivity index (χ2v) is 4.42. The average molecular weight is 243 g/mol. The summed E-state index contributed by atoms with van der Waals surface area (Å²) in [6.07, 6.45) is 3.91. The molecule has 0 amide bonds. The van der Waals surface area contributed by atoms with E-state index in [1.165, 1.54) is 12.3 Å². The highest BCUT2D eigenvalue weighted by Crippen LogP contribution is 2.18. The monoisotopic (exact) mass is 242 g/mol. The number of nitrogens with zero attached hydrogens (tertiary/aromatic N) is 2. The van der Waals surface area contributed by atoms with Gasteiger partial charge in [0.2, 0.25) is 0 Å². The summed E-state index contributed by atoms with van der Waals surface area (Å²) < 4.78 is 0. The van der Waals surface area contributed by atoms with Gasteiger partial charge in [-0.25, -0.2) is 0 Å². The maximum Gasteiger partial charge on any atom is 0.287 e. The fraction of sp³-hybridized carbons (Fsp3) is 0.545. The van der Waals surface area contributed by atoms with Gasteiger partial charge in [0.05, 0.1) is 4.92 Å². The van der Waals surface area contributed by atoms with Gasteiger partial charge in [-0.15, -0.1) is 11.6 Å². The molecule has 0 radical (unpaired) electrons. The third-order valence-electron chi connectivity index (χ3n) is 2.40. The number of halogens is 1. The normalized spacial score (nSPS) is 12.4. The number of nitro groups is 1. The van der Waals surface area contributed by atoms with Crippen LogP contribution in [-0.4, -0.2) is 15.3 Å². The van der Waals surface area contributed by atoms with Crippen LogP contribution in [0.15, 0.2) is 12.3 Å². The first-order chi connectivity index (χ1) is 7.54. The molecule has 0 aliphatic heterocycles. The highest BCUT2D eigenvalue weighted by molar-refractivity contribution is 6.20. The summed E-state index contributed by atoms with van der Waals surface area (Å²) in [4.78, 5) is 14.2. The highest BCUT2D eigenvalue weighted by Gasteiger charge is 2.12. The van der Waals surface area contributed by atoms with Crippen molar-refractivity contribution >= 4 is 17.3 Å². The van der Waals surface area contributed by atoms with Crippen LogP contribution in [0.1, 0.15) is 31.0 Å². The van der Waals surface area contributed by atoms with Gasteiger partial charge < -0.3 is 0 Å². The molecule has 0 bridgehead atoms. The highest BCUT2D eigenvalue weighted by atomic mass is 35.5. The fourth-order valence-corrected chi connectivity index (χ4v) is 1.89. The first-order valence-corrected chi connectivity index (χ1v) is 5.72. The van der Waals surface area contributed by atoms with Crippen LogP contribution in [0.3, 0.4) is 0 Å². The van der Waals surface area contributed by atoms with Gasteiger partial charge >= 0.3 is 0 Å². The molecule has 5 heteroatoms. The lowest BCUT2D eigenvalue weighted by Gasteiger charge is -2.09. The van der Waals surface area contributed by atoms with E-state index >= 15 is 0 Å². The molecule has 0 fully saturated rings. The third kappa shape index (κ3) is 3.45. The molecular formula is C11H15ClN2O2. The predicted octanol–water partition coefficient (Wildman–Crippen LogP) is 3.25. The zero-order chi connectivity index (χ0) is 12.1. The number of alkyl halides is 1. The molecule has 0 aromatic carbocycles. The summed E-state index contributed by atoms with van der Waals surface area (Å²) in [5.41, 5.74) is 1.71. The van der Waals surface area contributed by atoms with Crippen LogP contribution >= 0.6 is 11.6 Å². The Hall–Kier alpha value is -1.16. The van der Waals surface area contributed by atoms with Crippen molar-refractivity contribution in [2.24, 2.45) is 0 Å². The summed E-state index contributed by atoms with van der Waals surface area (Å²) >= 11 is 6.12. The van der Waals surface area contributed by atoms with Gasteiger partial charge in [0.15, 0.2) is 0 Å². The Bertz CT molecular complexity index is 382. The maximum absolute atomic E-state index is 10.5. The van der Waals surface area contributed by atoms with Gasteiger partial charge in [0.25, 0.3) is 5.69 Å². The Morgan fingerprint density at radius 2 is 2.31 bits per heavy atom. The molecule has 1 unspecified atom stereocenters. The quantitative estimate of drug-likeness (QED) is 0.452. The molecule has 1 atom stereocenters. The minimum absolute atomic E-state index is 0.0304. The van der Waals surface area contributed by atoms with Crippen molar-refractivity contribution < 1.29 is 4.92 Å². The molecule has 0 aliphatic carbocycles. The Morgan fingerprint density at radius 3 is 2.81 bits per heavy atom. The number of rotatable bonds is 5. The molecule has 1 rings (SSSR count). The number of aryl methyl sites for hydroxylation is 1. The van der Waals surface area contributed by atoms with Crippen LogP contribution in [0.2, 0.25) is 0 Å². The number of pyridine rings is 1. The molecule has 0 saturated heterocycles. The van der Waals surface area contributed by atoms with Crippen molar-refractivity contribution in [1.82, 2.24) is 4.98 Å². The molecule has 16 heavy (non-hydrogen) atoms. The second kappa shape index (κ2) is 5.80. The van der Waals surface area contributed by atoms with Crippen molar-refractivity contribution in [3.8, 4) is 0 Å². The van der Waals surface area contributed by atoms with E-state index in [-0.39, 0.29) is 11.1 Å². The van der Waals surface area contributed by atoms with Crippen molar-refractivity contribution in [1.29, 1.82) is 0 Å². The van der Waals surface area contributed by atoms with Crippen molar-refractivity contribution in [3.63, 3.8) is 0 Å². The van der Waals surface area contributed by atoms with Crippen LogP contribution in [0.4, 0.5) is 5.69 Å². The smallest absolute Gasteiger partial charge is 0.258 e. The van der Waals surface area contributed by atoms with Crippen LogP contribution in [-0.2, 0) is 6.42 Å². The fourth-order valence-electron chi connectivity index (χ4n) is 1.53. The molecule has 0 spiro atoms. The largest absolute Gasteiger partial charge is 0.287 e. The molecule has 4 nitrogen and oxygen atoms in total. The number of aromatic nitrogens is 1. The third-order valence-corrected chi connectivity index (χ3v) is 2.77. The minimum Gasteiger partial charge on any atom is -0.258 e. The molecule has 0 N–H and O–H groups in total. The lowest BCUT2D eigenvalue weighted by molar-refractivity contribution is -0.385. The molecule has 1 aromatic heterocycles. The topological polar surface area (TPSA) is 56.0 Å². The van der Waals surface area contributed by atoms with E-state index in [1.54, 1.807) is 0 Å². The Balaban J connectivity index is 2.79. The molecule has 1 heterocycles.